The number of nitrogens with zero attached hydrogens (tertiary/aromatic N) is 2. The zero-order valence-electron chi connectivity index (χ0n) is 32.9. The second kappa shape index (κ2) is 18.3. The van der Waals surface area contributed by atoms with E-state index in [-0.39, 0.29) is 34.9 Å². The fourth-order valence-corrected chi connectivity index (χ4v) is 7.17. The van der Waals surface area contributed by atoms with Crippen molar-refractivity contribution in [1.29, 1.82) is 0 Å². The molecule has 15 heteroatoms. The van der Waals surface area contributed by atoms with Gasteiger partial charge in [0.15, 0.2) is 5.16 Å². The lowest BCUT2D eigenvalue weighted by molar-refractivity contribution is -0.157. The first kappa shape index (κ1) is 44.4. The summed E-state index contributed by atoms with van der Waals surface area (Å²) in [5, 5.41) is 6.21. The highest BCUT2D eigenvalue weighted by Gasteiger charge is 2.31. The first-order chi connectivity index (χ1) is 26.1. The van der Waals surface area contributed by atoms with E-state index < -0.39 is 52.3 Å². The number of rotatable bonds is 14. The topological polar surface area (TPSA) is 121 Å². The number of amides is 2. The molecule has 1 aromatic heterocycles. The minimum absolute atomic E-state index is 0.00766. The maximum Gasteiger partial charge on any atom is 0.407 e. The standard InChI is InChI=1S/C41H48Cl2F2N4O6S/c1-39(2,3)54-36(51)32(11-10-18-46-38(52)55-40(4,5)6)48-35(50)24-19-30(43)28(31(45)20-24)23-56-37-47-22-34(49(37)27-15-13-26(44)14-16-27)41(7,8)25-12-17-29(42)33(21-25)53-9/h12-17,19-22,32H,10-11,18,23H2,1-9H3,(H,46,52)(H,48,50)/t32-/m0/s1. The van der Waals surface area contributed by atoms with E-state index >= 15 is 4.39 Å². The number of ether oxygens (including phenoxy) is 3. The summed E-state index contributed by atoms with van der Waals surface area (Å²) in [5.74, 6) is -2.02. The van der Waals surface area contributed by atoms with E-state index in [9.17, 15) is 18.8 Å². The van der Waals surface area contributed by atoms with Gasteiger partial charge in [0.25, 0.3) is 5.91 Å². The van der Waals surface area contributed by atoms with E-state index in [0.29, 0.717) is 28.0 Å². The van der Waals surface area contributed by atoms with Crippen molar-refractivity contribution in [3.8, 4) is 11.4 Å². The van der Waals surface area contributed by atoms with Crippen LogP contribution in [0.3, 0.4) is 0 Å². The molecular formula is C41H48Cl2F2N4O6S. The summed E-state index contributed by atoms with van der Waals surface area (Å²) in [6, 6.07) is 12.8. The van der Waals surface area contributed by atoms with Crippen LogP contribution < -0.4 is 15.4 Å². The van der Waals surface area contributed by atoms with Crippen LogP contribution >= 0.6 is 35.0 Å². The van der Waals surface area contributed by atoms with Gasteiger partial charge in [-0.05, 0) is 108 Å². The quantitative estimate of drug-likeness (QED) is 0.0732. The van der Waals surface area contributed by atoms with Gasteiger partial charge in [0.1, 0.15) is 34.6 Å². The van der Waals surface area contributed by atoms with Crippen molar-refractivity contribution < 1.29 is 37.4 Å². The molecule has 302 valence electrons. The van der Waals surface area contributed by atoms with E-state index in [1.54, 1.807) is 65.9 Å². The van der Waals surface area contributed by atoms with Gasteiger partial charge in [-0.2, -0.15) is 0 Å². The predicted octanol–water partition coefficient (Wildman–Crippen LogP) is 9.83. The van der Waals surface area contributed by atoms with Crippen molar-refractivity contribution in [2.45, 2.75) is 102 Å². The number of carbonyl (C=O) groups excluding carboxylic acids is 3. The third-order valence-electron chi connectivity index (χ3n) is 8.41. The Labute approximate surface area is 341 Å². The van der Waals surface area contributed by atoms with Gasteiger partial charge in [-0.15, -0.1) is 0 Å². The van der Waals surface area contributed by atoms with Crippen LogP contribution in [0, 0.1) is 11.6 Å². The van der Waals surface area contributed by atoms with Gasteiger partial charge in [-0.3, -0.25) is 9.36 Å². The van der Waals surface area contributed by atoms with Crippen LogP contribution in [-0.4, -0.2) is 58.4 Å². The Morgan fingerprint density at radius 3 is 2.16 bits per heavy atom. The number of hydrogen-bond donors (Lipinski definition) is 2. The number of aromatic nitrogens is 2. The van der Waals surface area contributed by atoms with E-state index in [1.807, 2.05) is 30.5 Å². The molecule has 4 rings (SSSR count). The van der Waals surface area contributed by atoms with Crippen LogP contribution in [0.25, 0.3) is 5.69 Å². The van der Waals surface area contributed by atoms with Gasteiger partial charge in [-0.1, -0.05) is 54.9 Å². The summed E-state index contributed by atoms with van der Waals surface area (Å²) in [4.78, 5) is 43.3. The Balaban J connectivity index is 1.56. The third kappa shape index (κ3) is 11.8. The number of halogens is 4. The molecule has 2 N–H and O–H groups in total. The summed E-state index contributed by atoms with van der Waals surface area (Å²) in [5.41, 5.74) is 0.134. The van der Waals surface area contributed by atoms with Gasteiger partial charge in [-0.25, -0.2) is 23.4 Å². The molecule has 0 aliphatic rings. The summed E-state index contributed by atoms with van der Waals surface area (Å²) >= 11 is 14.1. The second-order valence-corrected chi connectivity index (χ2v) is 17.3. The maximum atomic E-state index is 15.8. The summed E-state index contributed by atoms with van der Waals surface area (Å²) in [7, 11) is 1.54. The molecule has 0 aliphatic heterocycles. The first-order valence-electron chi connectivity index (χ1n) is 17.9. The van der Waals surface area contributed by atoms with Crippen molar-refractivity contribution in [1.82, 2.24) is 20.2 Å². The normalized spacial score (nSPS) is 12.5. The smallest absolute Gasteiger partial charge is 0.407 e. The van der Waals surface area contributed by atoms with Gasteiger partial charge in [0.2, 0.25) is 0 Å². The number of carbonyl (C=O) groups is 3. The molecule has 4 aromatic rings. The molecule has 0 unspecified atom stereocenters. The van der Waals surface area contributed by atoms with Crippen molar-refractivity contribution >= 4 is 52.9 Å². The number of nitrogens with one attached hydrogen (secondary N) is 2. The highest BCUT2D eigenvalue weighted by Crippen LogP contribution is 2.40. The Kier molecular flexibility index (Phi) is 14.5. The van der Waals surface area contributed by atoms with E-state index in [4.69, 9.17) is 37.4 Å². The number of imidazole rings is 1. The number of thioether (sulfide) groups is 1. The van der Waals surface area contributed by atoms with Crippen LogP contribution in [0.15, 0.2) is 66.0 Å². The zero-order chi connectivity index (χ0) is 41.6. The molecule has 0 aliphatic carbocycles. The molecule has 0 radical (unpaired) electrons. The lowest BCUT2D eigenvalue weighted by Crippen LogP contribution is -2.44. The molecule has 1 atom stereocenters. The minimum Gasteiger partial charge on any atom is -0.495 e. The summed E-state index contributed by atoms with van der Waals surface area (Å²) in [6.07, 6.45) is 1.52. The zero-order valence-corrected chi connectivity index (χ0v) is 35.3. The lowest BCUT2D eigenvalue weighted by atomic mass is 9.81. The molecule has 0 fully saturated rings. The number of methoxy groups -OCH3 is 1. The number of alkyl carbamates (subject to hydrolysis) is 1. The van der Waals surface area contributed by atoms with Gasteiger partial charge >= 0.3 is 12.1 Å². The fourth-order valence-electron chi connectivity index (χ4n) is 5.60. The maximum absolute atomic E-state index is 15.8. The molecule has 0 bridgehead atoms. The Bertz CT molecular complexity index is 2020. The number of benzene rings is 3. The molecule has 10 nitrogen and oxygen atoms in total. The van der Waals surface area contributed by atoms with Crippen molar-refractivity contribution in [3.63, 3.8) is 0 Å². The highest BCUT2D eigenvalue weighted by atomic mass is 35.5. The van der Waals surface area contributed by atoms with Crippen molar-refractivity contribution in [2.75, 3.05) is 13.7 Å². The largest absolute Gasteiger partial charge is 0.495 e. The SMILES string of the molecule is COc1cc(C(C)(C)c2cnc(SCc3c(F)cc(C(=O)N[C@@H](CCCNC(=O)OC(C)(C)C)C(=O)OC(C)(C)C)cc3Cl)n2-c2ccc(F)cc2)ccc1Cl. The summed E-state index contributed by atoms with van der Waals surface area (Å²) < 4.78 is 47.9. The van der Waals surface area contributed by atoms with Gasteiger partial charge in [0, 0.05) is 39.5 Å². The van der Waals surface area contributed by atoms with Crippen molar-refractivity contribution in [3.05, 3.63) is 105 Å². The molecular weight excluding hydrogens is 785 g/mol. The average Bonchev–Trinajstić information content (AvgIpc) is 3.52. The van der Waals surface area contributed by atoms with Gasteiger partial charge in [0.05, 0.1) is 24.0 Å². The predicted molar refractivity (Wildman–Crippen MR) is 215 cm³/mol. The molecule has 0 saturated carbocycles. The second-order valence-electron chi connectivity index (χ2n) is 15.5. The van der Waals surface area contributed by atoms with Crippen LogP contribution in [-0.2, 0) is 25.4 Å². The van der Waals surface area contributed by atoms with Crippen LogP contribution in [0.5, 0.6) is 5.75 Å². The monoisotopic (exact) mass is 832 g/mol. The molecule has 1 heterocycles. The Morgan fingerprint density at radius 2 is 1.55 bits per heavy atom. The van der Waals surface area contributed by atoms with E-state index in [1.165, 1.54) is 37.1 Å². The van der Waals surface area contributed by atoms with E-state index in [0.717, 1.165) is 17.3 Å². The van der Waals surface area contributed by atoms with Crippen LogP contribution in [0.2, 0.25) is 10.0 Å². The Morgan fingerprint density at radius 1 is 0.893 bits per heavy atom. The number of hydrogen-bond acceptors (Lipinski definition) is 8. The fraction of sp³-hybridized carbons (Fsp3) is 0.415. The number of esters is 1. The molecule has 3 aromatic carbocycles. The Hall–Kier alpha value is -4.33. The van der Waals surface area contributed by atoms with Crippen molar-refractivity contribution in [2.24, 2.45) is 0 Å². The van der Waals surface area contributed by atoms with Crippen LogP contribution in [0.4, 0.5) is 13.6 Å². The molecule has 0 spiro atoms. The first-order valence-corrected chi connectivity index (χ1v) is 19.6. The highest BCUT2D eigenvalue weighted by molar-refractivity contribution is 7.98. The molecule has 0 saturated heterocycles. The van der Waals surface area contributed by atoms with Gasteiger partial charge < -0.3 is 24.8 Å². The molecule has 56 heavy (non-hydrogen) atoms. The van der Waals surface area contributed by atoms with E-state index in [2.05, 4.69) is 15.6 Å². The van der Waals surface area contributed by atoms with Crippen LogP contribution in [0.1, 0.15) is 95.4 Å². The third-order valence-corrected chi connectivity index (χ3v) is 10.0. The summed E-state index contributed by atoms with van der Waals surface area (Å²) in [6.45, 7) is 14.5. The lowest BCUT2D eigenvalue weighted by Gasteiger charge is -2.28. The average molecular weight is 834 g/mol. The minimum atomic E-state index is -1.10. The molecule has 2 amide bonds.